The highest BCUT2D eigenvalue weighted by Gasteiger charge is 2.27. The van der Waals surface area contributed by atoms with Gasteiger partial charge in [-0.1, -0.05) is 6.92 Å². The first-order chi connectivity index (χ1) is 14.2. The molecule has 4 rings (SSSR count). The van der Waals surface area contributed by atoms with Gasteiger partial charge in [0.2, 0.25) is 0 Å². The second-order valence-electron chi connectivity index (χ2n) is 7.75. The van der Waals surface area contributed by atoms with E-state index in [0.29, 0.717) is 12.1 Å². The molecule has 0 unspecified atom stereocenters. The zero-order valence-corrected chi connectivity index (χ0v) is 17.0. The van der Waals surface area contributed by atoms with Gasteiger partial charge in [0, 0.05) is 30.1 Å². The summed E-state index contributed by atoms with van der Waals surface area (Å²) < 4.78 is 6.14. The second-order valence-corrected chi connectivity index (χ2v) is 7.75. The van der Waals surface area contributed by atoms with Crippen molar-refractivity contribution in [1.29, 1.82) is 0 Å². The van der Waals surface area contributed by atoms with Crippen LogP contribution in [0.2, 0.25) is 0 Å². The molecular formula is C22H30N6O. The monoisotopic (exact) mass is 394 g/mol. The molecule has 4 N–H and O–H groups in total. The van der Waals surface area contributed by atoms with Gasteiger partial charge in [-0.15, -0.1) is 0 Å². The fraction of sp³-hybridized carbons (Fsp3) is 0.500. The summed E-state index contributed by atoms with van der Waals surface area (Å²) in [4.78, 5) is 14.0. The van der Waals surface area contributed by atoms with E-state index in [2.05, 4.69) is 27.5 Å². The van der Waals surface area contributed by atoms with Crippen molar-refractivity contribution in [3.05, 3.63) is 36.3 Å². The maximum Gasteiger partial charge on any atom is 0.122 e. The molecule has 154 valence electrons. The second kappa shape index (κ2) is 9.33. The normalized spacial score (nSPS) is 23.4. The van der Waals surface area contributed by atoms with Crippen molar-refractivity contribution >= 4 is 22.8 Å². The maximum absolute atomic E-state index is 6.14. The zero-order valence-electron chi connectivity index (χ0n) is 17.0. The van der Waals surface area contributed by atoms with Crippen molar-refractivity contribution in [2.24, 2.45) is 10.7 Å². The number of benzene rings is 1. The minimum Gasteiger partial charge on any atom is -0.490 e. The van der Waals surface area contributed by atoms with E-state index in [4.69, 9.17) is 15.5 Å². The Bertz CT molecular complexity index is 884. The summed E-state index contributed by atoms with van der Waals surface area (Å²) in [6.45, 7) is 5.14. The van der Waals surface area contributed by atoms with E-state index in [1.54, 1.807) is 12.4 Å². The Morgan fingerprint density at radius 1 is 1.31 bits per heavy atom. The molecule has 1 aromatic heterocycles. The maximum atomic E-state index is 6.14. The van der Waals surface area contributed by atoms with Crippen molar-refractivity contribution < 1.29 is 4.74 Å². The number of hydrogen-bond donors (Lipinski definition) is 3. The highest BCUT2D eigenvalue weighted by Crippen LogP contribution is 2.25. The van der Waals surface area contributed by atoms with Crippen LogP contribution in [0.1, 0.15) is 38.3 Å². The van der Waals surface area contributed by atoms with Crippen LogP contribution in [0.3, 0.4) is 0 Å². The van der Waals surface area contributed by atoms with E-state index >= 15 is 0 Å². The lowest BCUT2D eigenvalue weighted by Crippen LogP contribution is -2.43. The van der Waals surface area contributed by atoms with E-state index < -0.39 is 0 Å². The van der Waals surface area contributed by atoms with Gasteiger partial charge in [0.05, 0.1) is 29.0 Å². The largest absolute Gasteiger partial charge is 0.490 e. The van der Waals surface area contributed by atoms with E-state index in [1.807, 2.05) is 24.4 Å². The molecule has 2 aliphatic rings. The van der Waals surface area contributed by atoms with Gasteiger partial charge in [-0.3, -0.25) is 9.98 Å². The van der Waals surface area contributed by atoms with Crippen LogP contribution in [0.25, 0.3) is 16.6 Å². The first kappa shape index (κ1) is 19.8. The van der Waals surface area contributed by atoms with Crippen molar-refractivity contribution in [1.82, 2.24) is 20.6 Å². The van der Waals surface area contributed by atoms with Crippen LogP contribution in [0, 0.1) is 0 Å². The zero-order chi connectivity index (χ0) is 20.1. The fourth-order valence-electron chi connectivity index (χ4n) is 3.85. The van der Waals surface area contributed by atoms with Gasteiger partial charge in [0.25, 0.3) is 0 Å². The van der Waals surface area contributed by atoms with Crippen LogP contribution >= 0.6 is 0 Å². The summed E-state index contributed by atoms with van der Waals surface area (Å²) in [5.41, 5.74) is 9.02. The first-order valence-corrected chi connectivity index (χ1v) is 10.6. The minimum atomic E-state index is 0.255. The molecule has 2 heterocycles. The highest BCUT2D eigenvalue weighted by molar-refractivity contribution is 6.09. The average molecular weight is 395 g/mol. The third-order valence-electron chi connectivity index (χ3n) is 5.61. The van der Waals surface area contributed by atoms with Crippen LogP contribution in [-0.2, 0) is 0 Å². The lowest BCUT2D eigenvalue weighted by Gasteiger charge is -2.33. The molecule has 0 spiro atoms. The number of fused-ring (bicyclic) bond motifs is 1. The SMILES string of the molecule is CCNC1CC(N=CC(=CN)c2cnc3ccc(OC4CCNCC4)cc3n2)C1. The Morgan fingerprint density at radius 2 is 2.14 bits per heavy atom. The Balaban J connectivity index is 1.46. The van der Waals surface area contributed by atoms with Crippen molar-refractivity contribution in [3.8, 4) is 5.75 Å². The number of nitrogens with zero attached hydrogens (tertiary/aromatic N) is 3. The smallest absolute Gasteiger partial charge is 0.122 e. The van der Waals surface area contributed by atoms with Gasteiger partial charge in [-0.25, -0.2) is 4.98 Å². The topological polar surface area (TPSA) is 97.5 Å². The molecule has 1 aromatic carbocycles. The molecule has 2 fully saturated rings. The average Bonchev–Trinajstić information content (AvgIpc) is 2.72. The number of ether oxygens (including phenoxy) is 1. The molecule has 2 aromatic rings. The Morgan fingerprint density at radius 3 is 2.90 bits per heavy atom. The van der Waals surface area contributed by atoms with Crippen LogP contribution < -0.4 is 21.1 Å². The van der Waals surface area contributed by atoms with Gasteiger partial charge in [-0.05, 0) is 57.5 Å². The van der Waals surface area contributed by atoms with Crippen LogP contribution in [-0.4, -0.2) is 54.0 Å². The Hall–Kier alpha value is -2.51. The van der Waals surface area contributed by atoms with Gasteiger partial charge < -0.3 is 21.1 Å². The number of aliphatic imine (C=N–C) groups is 1. The van der Waals surface area contributed by atoms with E-state index in [1.165, 1.54) is 0 Å². The summed E-state index contributed by atoms with van der Waals surface area (Å²) in [6, 6.07) is 6.83. The number of hydrogen-bond acceptors (Lipinski definition) is 7. The fourth-order valence-corrected chi connectivity index (χ4v) is 3.85. The van der Waals surface area contributed by atoms with Crippen molar-refractivity contribution in [2.45, 2.75) is 50.8 Å². The van der Waals surface area contributed by atoms with Gasteiger partial charge in [-0.2, -0.15) is 0 Å². The van der Waals surface area contributed by atoms with Gasteiger partial charge in [0.1, 0.15) is 11.9 Å². The molecular weight excluding hydrogens is 364 g/mol. The number of piperidine rings is 1. The lowest BCUT2D eigenvalue weighted by atomic mass is 9.87. The van der Waals surface area contributed by atoms with E-state index in [9.17, 15) is 0 Å². The standard InChI is InChI=1S/C22H30N6O/c1-2-25-16-9-17(10-16)26-13-15(12-23)22-14-27-20-4-3-19(11-21(20)28-22)29-18-5-7-24-8-6-18/h3-4,11-14,16-18,24-25H,2,5-10,23H2,1H3. The molecule has 1 saturated heterocycles. The number of allylic oxidation sites excluding steroid dienone is 1. The number of nitrogens with one attached hydrogen (secondary N) is 2. The van der Waals surface area contributed by atoms with E-state index in [-0.39, 0.29) is 6.10 Å². The lowest BCUT2D eigenvalue weighted by molar-refractivity contribution is 0.162. The molecule has 29 heavy (non-hydrogen) atoms. The molecule has 1 saturated carbocycles. The molecule has 7 nitrogen and oxygen atoms in total. The summed E-state index contributed by atoms with van der Waals surface area (Å²) in [5, 5.41) is 6.81. The number of aromatic nitrogens is 2. The third-order valence-corrected chi connectivity index (χ3v) is 5.61. The third kappa shape index (κ3) is 4.92. The number of nitrogens with two attached hydrogens (primary N) is 1. The van der Waals surface area contributed by atoms with Gasteiger partial charge >= 0.3 is 0 Å². The quantitative estimate of drug-likeness (QED) is 0.623. The van der Waals surface area contributed by atoms with Gasteiger partial charge in [0.15, 0.2) is 0 Å². The van der Waals surface area contributed by atoms with Crippen molar-refractivity contribution in [3.63, 3.8) is 0 Å². The molecule has 0 radical (unpaired) electrons. The molecule has 1 aliphatic heterocycles. The molecule has 0 atom stereocenters. The molecule has 0 bridgehead atoms. The van der Waals surface area contributed by atoms with Crippen LogP contribution in [0.4, 0.5) is 0 Å². The number of rotatable bonds is 7. The molecule has 0 amide bonds. The summed E-state index contributed by atoms with van der Waals surface area (Å²) >= 11 is 0. The van der Waals surface area contributed by atoms with Crippen LogP contribution in [0.15, 0.2) is 35.6 Å². The highest BCUT2D eigenvalue weighted by atomic mass is 16.5. The predicted molar refractivity (Wildman–Crippen MR) is 117 cm³/mol. The minimum absolute atomic E-state index is 0.255. The Labute approximate surface area is 171 Å². The van der Waals surface area contributed by atoms with E-state index in [0.717, 1.165) is 73.4 Å². The molecule has 7 heteroatoms. The summed E-state index contributed by atoms with van der Waals surface area (Å²) in [7, 11) is 0. The first-order valence-electron chi connectivity index (χ1n) is 10.6. The van der Waals surface area contributed by atoms with Crippen LogP contribution in [0.5, 0.6) is 5.75 Å². The molecule has 1 aliphatic carbocycles. The predicted octanol–water partition coefficient (Wildman–Crippen LogP) is 2.27. The summed E-state index contributed by atoms with van der Waals surface area (Å²) in [6.07, 6.45) is 9.58. The van der Waals surface area contributed by atoms with Crippen molar-refractivity contribution in [2.75, 3.05) is 19.6 Å². The summed E-state index contributed by atoms with van der Waals surface area (Å²) in [5.74, 6) is 0.840. The Kier molecular flexibility index (Phi) is 6.36.